The zero-order valence-electron chi connectivity index (χ0n) is 17.1. The van der Waals surface area contributed by atoms with Gasteiger partial charge in [0.05, 0.1) is 18.3 Å². The SMILES string of the molecule is CCc1ccc(-c2cc(NC(=O)c3ccc(OCc4cscn4)c(OC)c3)on2)cc1. The molecule has 2 aromatic carbocycles. The predicted octanol–water partition coefficient (Wildman–Crippen LogP) is 5.20. The molecule has 4 rings (SSSR count). The van der Waals surface area contributed by atoms with Crippen LogP contribution in [0, 0.1) is 0 Å². The van der Waals surface area contributed by atoms with Crippen molar-refractivity contribution in [2.45, 2.75) is 20.0 Å². The smallest absolute Gasteiger partial charge is 0.258 e. The van der Waals surface area contributed by atoms with E-state index in [4.69, 9.17) is 14.0 Å². The van der Waals surface area contributed by atoms with Crippen LogP contribution in [0.25, 0.3) is 11.3 Å². The Balaban J connectivity index is 1.43. The third-order valence-electron chi connectivity index (χ3n) is 4.69. The quantitative estimate of drug-likeness (QED) is 0.409. The van der Waals surface area contributed by atoms with Gasteiger partial charge in [-0.05, 0) is 30.2 Å². The standard InChI is InChI=1S/C23H21N3O4S/c1-3-15-4-6-16(7-5-15)19-11-22(30-26-19)25-23(27)17-8-9-20(21(10-17)28-2)29-12-18-13-31-14-24-18/h4-11,13-14H,3,12H2,1-2H3,(H,25,27). The van der Waals surface area contributed by atoms with Crippen LogP contribution in [0.4, 0.5) is 5.88 Å². The first kappa shape index (κ1) is 20.6. The van der Waals surface area contributed by atoms with Crippen LogP contribution in [0.3, 0.4) is 0 Å². The number of nitrogens with one attached hydrogen (secondary N) is 1. The molecule has 0 aliphatic heterocycles. The Morgan fingerprint density at radius 2 is 1.97 bits per heavy atom. The molecule has 2 aromatic heterocycles. The van der Waals surface area contributed by atoms with Crippen molar-refractivity contribution in [1.82, 2.24) is 10.1 Å². The van der Waals surface area contributed by atoms with Gasteiger partial charge in [-0.3, -0.25) is 10.1 Å². The number of hydrogen-bond acceptors (Lipinski definition) is 7. The number of methoxy groups -OCH3 is 1. The summed E-state index contributed by atoms with van der Waals surface area (Å²) in [6.07, 6.45) is 0.971. The van der Waals surface area contributed by atoms with Gasteiger partial charge in [0.1, 0.15) is 12.3 Å². The highest BCUT2D eigenvalue weighted by atomic mass is 32.1. The van der Waals surface area contributed by atoms with Gasteiger partial charge in [-0.2, -0.15) is 0 Å². The van der Waals surface area contributed by atoms with Crippen LogP contribution < -0.4 is 14.8 Å². The van der Waals surface area contributed by atoms with Crippen LogP contribution in [0.5, 0.6) is 11.5 Å². The highest BCUT2D eigenvalue weighted by molar-refractivity contribution is 7.07. The summed E-state index contributed by atoms with van der Waals surface area (Å²) in [4.78, 5) is 16.8. The predicted molar refractivity (Wildman–Crippen MR) is 119 cm³/mol. The van der Waals surface area contributed by atoms with Crippen LogP contribution in [-0.4, -0.2) is 23.2 Å². The lowest BCUT2D eigenvalue weighted by Gasteiger charge is -2.11. The van der Waals surface area contributed by atoms with Crippen LogP contribution in [0.15, 0.2) is 63.9 Å². The molecular weight excluding hydrogens is 414 g/mol. The summed E-state index contributed by atoms with van der Waals surface area (Å²) in [5.74, 6) is 0.914. The molecule has 1 amide bonds. The largest absolute Gasteiger partial charge is 0.493 e. The van der Waals surface area contributed by atoms with Gasteiger partial charge in [-0.15, -0.1) is 11.3 Å². The number of thiazole rings is 1. The van der Waals surface area contributed by atoms with Gasteiger partial charge in [0, 0.05) is 22.6 Å². The summed E-state index contributed by atoms with van der Waals surface area (Å²) in [5.41, 5.74) is 5.81. The summed E-state index contributed by atoms with van der Waals surface area (Å²) >= 11 is 1.50. The van der Waals surface area contributed by atoms with Crippen molar-refractivity contribution in [3.8, 4) is 22.8 Å². The number of ether oxygens (including phenoxy) is 2. The Morgan fingerprint density at radius 1 is 1.13 bits per heavy atom. The van der Waals surface area contributed by atoms with E-state index in [1.807, 2.05) is 29.6 Å². The summed E-state index contributed by atoms with van der Waals surface area (Å²) in [5, 5.41) is 8.68. The Bertz CT molecular complexity index is 1150. The van der Waals surface area contributed by atoms with Crippen LogP contribution in [0.1, 0.15) is 28.5 Å². The number of carbonyl (C=O) groups is 1. The zero-order valence-corrected chi connectivity index (χ0v) is 17.9. The summed E-state index contributed by atoms with van der Waals surface area (Å²) in [6.45, 7) is 2.43. The van der Waals surface area contributed by atoms with Crippen molar-refractivity contribution in [2.75, 3.05) is 12.4 Å². The molecular formula is C23H21N3O4S. The third-order valence-corrected chi connectivity index (χ3v) is 5.32. The molecule has 1 N–H and O–H groups in total. The molecule has 4 aromatic rings. The second-order valence-corrected chi connectivity index (χ2v) is 7.43. The monoisotopic (exact) mass is 435 g/mol. The van der Waals surface area contributed by atoms with E-state index in [9.17, 15) is 4.79 Å². The normalized spacial score (nSPS) is 10.6. The molecule has 0 unspecified atom stereocenters. The number of benzene rings is 2. The van der Waals surface area contributed by atoms with Gasteiger partial charge in [0.25, 0.3) is 5.91 Å². The Labute approximate surface area is 183 Å². The maximum Gasteiger partial charge on any atom is 0.258 e. The van der Waals surface area contributed by atoms with E-state index in [0.29, 0.717) is 29.4 Å². The van der Waals surface area contributed by atoms with Gasteiger partial charge in [-0.25, -0.2) is 4.98 Å². The maximum atomic E-state index is 12.7. The molecule has 8 heteroatoms. The third kappa shape index (κ3) is 4.92. The van der Waals surface area contributed by atoms with Crippen LogP contribution in [-0.2, 0) is 13.0 Å². The van der Waals surface area contributed by atoms with Gasteiger partial charge in [-0.1, -0.05) is 36.3 Å². The minimum Gasteiger partial charge on any atom is -0.493 e. The Hall–Kier alpha value is -3.65. The van der Waals surface area contributed by atoms with E-state index in [2.05, 4.69) is 22.4 Å². The second-order valence-electron chi connectivity index (χ2n) is 6.72. The topological polar surface area (TPSA) is 86.5 Å². The molecule has 0 radical (unpaired) electrons. The highest BCUT2D eigenvalue weighted by Gasteiger charge is 2.15. The highest BCUT2D eigenvalue weighted by Crippen LogP contribution is 2.29. The van der Waals surface area contributed by atoms with Crippen molar-refractivity contribution in [3.05, 3.63) is 76.2 Å². The van der Waals surface area contributed by atoms with Crippen molar-refractivity contribution < 1.29 is 18.8 Å². The summed E-state index contributed by atoms with van der Waals surface area (Å²) < 4.78 is 16.4. The van der Waals surface area contributed by atoms with Gasteiger partial charge in [0.2, 0.25) is 5.88 Å². The second kappa shape index (κ2) is 9.44. The number of anilines is 1. The fraction of sp³-hybridized carbons (Fsp3) is 0.174. The van der Waals surface area contributed by atoms with Gasteiger partial charge in [0.15, 0.2) is 11.5 Å². The Kier molecular flexibility index (Phi) is 6.28. The van der Waals surface area contributed by atoms with Crippen molar-refractivity contribution in [3.63, 3.8) is 0 Å². The molecule has 0 atom stereocenters. The van der Waals surface area contributed by atoms with Gasteiger partial charge >= 0.3 is 0 Å². The molecule has 158 valence electrons. The zero-order chi connectivity index (χ0) is 21.6. The van der Waals surface area contributed by atoms with Crippen molar-refractivity contribution in [1.29, 1.82) is 0 Å². The van der Waals surface area contributed by atoms with Crippen molar-refractivity contribution in [2.24, 2.45) is 0 Å². The number of hydrogen-bond donors (Lipinski definition) is 1. The number of amides is 1. The average molecular weight is 436 g/mol. The molecule has 0 aliphatic rings. The molecule has 7 nitrogen and oxygen atoms in total. The lowest BCUT2D eigenvalue weighted by atomic mass is 10.1. The molecule has 2 heterocycles. The molecule has 0 aliphatic carbocycles. The number of aromatic nitrogens is 2. The van der Waals surface area contributed by atoms with Crippen LogP contribution >= 0.6 is 11.3 Å². The molecule has 0 spiro atoms. The first-order valence-electron chi connectivity index (χ1n) is 9.71. The molecule has 0 fully saturated rings. The number of aryl methyl sites for hydroxylation is 1. The first-order valence-corrected chi connectivity index (χ1v) is 10.7. The summed E-state index contributed by atoms with van der Waals surface area (Å²) in [7, 11) is 1.53. The average Bonchev–Trinajstić information content (AvgIpc) is 3.50. The lowest BCUT2D eigenvalue weighted by Crippen LogP contribution is -2.11. The molecule has 0 saturated heterocycles. The van der Waals surface area contributed by atoms with Gasteiger partial charge < -0.3 is 14.0 Å². The molecule has 31 heavy (non-hydrogen) atoms. The van der Waals surface area contributed by atoms with E-state index in [1.165, 1.54) is 24.0 Å². The molecule has 0 saturated carbocycles. The number of rotatable bonds is 8. The lowest BCUT2D eigenvalue weighted by molar-refractivity contribution is 0.102. The summed E-state index contributed by atoms with van der Waals surface area (Å²) in [6, 6.07) is 14.7. The fourth-order valence-corrected chi connectivity index (χ4v) is 3.50. The van der Waals surface area contributed by atoms with E-state index in [1.54, 1.807) is 29.8 Å². The van der Waals surface area contributed by atoms with E-state index in [-0.39, 0.29) is 11.8 Å². The van der Waals surface area contributed by atoms with Crippen LogP contribution in [0.2, 0.25) is 0 Å². The Morgan fingerprint density at radius 3 is 2.68 bits per heavy atom. The number of nitrogens with zero attached hydrogens (tertiary/aromatic N) is 2. The first-order chi connectivity index (χ1) is 15.2. The van der Waals surface area contributed by atoms with E-state index >= 15 is 0 Å². The van der Waals surface area contributed by atoms with Crippen molar-refractivity contribution >= 4 is 23.1 Å². The van der Waals surface area contributed by atoms with E-state index < -0.39 is 0 Å². The fourth-order valence-electron chi connectivity index (χ4n) is 2.95. The minimum absolute atomic E-state index is 0.266. The minimum atomic E-state index is -0.339. The molecule has 0 bridgehead atoms. The number of carbonyl (C=O) groups excluding carboxylic acids is 1. The van der Waals surface area contributed by atoms with E-state index in [0.717, 1.165) is 17.7 Å². The maximum absolute atomic E-state index is 12.7.